The van der Waals surface area contributed by atoms with Gasteiger partial charge in [0.05, 0.1) is 32.7 Å². The van der Waals surface area contributed by atoms with Gasteiger partial charge in [-0.2, -0.15) is 0 Å². The Kier molecular flexibility index (Phi) is 5.04. The Morgan fingerprint density at radius 1 is 1.16 bits per heavy atom. The lowest BCUT2D eigenvalue weighted by Gasteiger charge is -2.38. The molecule has 1 aliphatic rings. The summed E-state index contributed by atoms with van der Waals surface area (Å²) in [6, 6.07) is 9.55. The standard InChI is InChI=1S/C16H17Cl2N3O3S/c17-13-5-2-10(8-15(13)19)20-16(22)12-4-3-11(9-14(12)18)21-6-1-7-25(21,23)24/h2-5,8-9,23-24H,1,6-7,19H2,(H,20,22). The Balaban J connectivity index is 1.80. The van der Waals surface area contributed by atoms with Gasteiger partial charge in [0.15, 0.2) is 0 Å². The largest absolute Gasteiger partial charge is 0.397 e. The number of carbonyl (C=O) groups excluding carboxylic acids is 1. The predicted octanol–water partition coefficient (Wildman–Crippen LogP) is 4.70. The maximum atomic E-state index is 12.4. The molecule has 134 valence electrons. The Labute approximate surface area is 157 Å². The molecule has 1 saturated heterocycles. The molecule has 0 bridgehead atoms. The topological polar surface area (TPSA) is 98.8 Å². The summed E-state index contributed by atoms with van der Waals surface area (Å²) in [4.78, 5) is 12.4. The molecule has 0 radical (unpaired) electrons. The van der Waals surface area contributed by atoms with Gasteiger partial charge in [-0.25, -0.2) is 0 Å². The number of hydrogen-bond acceptors (Lipinski definition) is 5. The fourth-order valence-electron chi connectivity index (χ4n) is 2.62. The van der Waals surface area contributed by atoms with Crippen LogP contribution in [0.3, 0.4) is 0 Å². The maximum absolute atomic E-state index is 12.4. The summed E-state index contributed by atoms with van der Waals surface area (Å²) in [5, 5.41) is 3.33. The normalized spacial score (nSPS) is 17.4. The zero-order chi connectivity index (χ0) is 18.2. The van der Waals surface area contributed by atoms with Gasteiger partial charge in [0, 0.05) is 12.2 Å². The van der Waals surface area contributed by atoms with Crippen LogP contribution in [-0.4, -0.2) is 27.3 Å². The first-order valence-electron chi connectivity index (χ1n) is 7.47. The molecule has 0 atom stereocenters. The van der Waals surface area contributed by atoms with E-state index in [1.807, 2.05) is 0 Å². The molecule has 25 heavy (non-hydrogen) atoms. The molecule has 1 heterocycles. The van der Waals surface area contributed by atoms with Crippen molar-refractivity contribution in [3.05, 3.63) is 52.0 Å². The van der Waals surface area contributed by atoms with Crippen LogP contribution in [-0.2, 0) is 0 Å². The number of nitrogens with zero attached hydrogens (tertiary/aromatic N) is 1. The summed E-state index contributed by atoms with van der Waals surface area (Å²) in [7, 11) is -2.80. The molecule has 0 spiro atoms. The fourth-order valence-corrected chi connectivity index (χ4v) is 4.61. The number of halogens is 2. The molecule has 2 aromatic rings. The number of carbonyl (C=O) groups is 1. The van der Waals surface area contributed by atoms with Crippen LogP contribution in [0.1, 0.15) is 16.8 Å². The maximum Gasteiger partial charge on any atom is 0.257 e. The third-order valence-electron chi connectivity index (χ3n) is 3.87. The van der Waals surface area contributed by atoms with Crippen molar-refractivity contribution >= 4 is 56.9 Å². The lowest BCUT2D eigenvalue weighted by molar-refractivity contribution is 0.102. The van der Waals surface area contributed by atoms with Gasteiger partial charge in [-0.3, -0.25) is 18.2 Å². The van der Waals surface area contributed by atoms with E-state index in [0.717, 1.165) is 0 Å². The minimum Gasteiger partial charge on any atom is -0.397 e. The first-order valence-corrected chi connectivity index (χ1v) is 9.90. The smallest absolute Gasteiger partial charge is 0.257 e. The summed E-state index contributed by atoms with van der Waals surface area (Å²) in [6.07, 6.45) is 0.695. The van der Waals surface area contributed by atoms with Crippen LogP contribution in [0.5, 0.6) is 0 Å². The van der Waals surface area contributed by atoms with E-state index in [2.05, 4.69) is 5.32 Å². The van der Waals surface area contributed by atoms with Crippen molar-refractivity contribution in [2.45, 2.75) is 6.42 Å². The van der Waals surface area contributed by atoms with Gasteiger partial charge in [0.2, 0.25) is 0 Å². The summed E-state index contributed by atoms with van der Waals surface area (Å²) in [5.74, 6) is -0.0588. The summed E-state index contributed by atoms with van der Waals surface area (Å²) >= 11 is 12.1. The van der Waals surface area contributed by atoms with Crippen LogP contribution in [0.15, 0.2) is 36.4 Å². The van der Waals surface area contributed by atoms with Crippen LogP contribution < -0.4 is 15.4 Å². The lowest BCUT2D eigenvalue weighted by Crippen LogP contribution is -2.22. The van der Waals surface area contributed by atoms with Crippen LogP contribution in [0.25, 0.3) is 0 Å². The minimum atomic E-state index is -2.80. The molecule has 0 unspecified atom stereocenters. The number of anilines is 3. The zero-order valence-corrected chi connectivity index (χ0v) is 15.4. The molecule has 1 amide bonds. The minimum absolute atomic E-state index is 0.221. The van der Waals surface area contributed by atoms with E-state index in [4.69, 9.17) is 28.9 Å². The van der Waals surface area contributed by atoms with Crippen molar-refractivity contribution in [1.82, 2.24) is 0 Å². The second-order valence-electron chi connectivity index (χ2n) is 5.65. The molecule has 0 aromatic heterocycles. The predicted molar refractivity (Wildman–Crippen MR) is 105 cm³/mol. The van der Waals surface area contributed by atoms with E-state index in [1.54, 1.807) is 36.4 Å². The zero-order valence-electron chi connectivity index (χ0n) is 13.1. The number of amides is 1. The second kappa shape index (κ2) is 6.93. The van der Waals surface area contributed by atoms with Gasteiger partial charge in [-0.15, -0.1) is 10.8 Å². The molecule has 0 aliphatic carbocycles. The number of nitrogen functional groups attached to an aromatic ring is 1. The first kappa shape index (κ1) is 18.2. The van der Waals surface area contributed by atoms with Crippen molar-refractivity contribution < 1.29 is 13.9 Å². The number of nitrogens with one attached hydrogen (secondary N) is 1. The first-order chi connectivity index (χ1) is 11.8. The van der Waals surface area contributed by atoms with Gasteiger partial charge in [0.25, 0.3) is 5.91 Å². The highest BCUT2D eigenvalue weighted by Crippen LogP contribution is 2.51. The quantitative estimate of drug-likeness (QED) is 0.558. The molecule has 0 saturated carbocycles. The third kappa shape index (κ3) is 3.80. The van der Waals surface area contributed by atoms with Gasteiger partial charge >= 0.3 is 0 Å². The van der Waals surface area contributed by atoms with E-state index in [-0.39, 0.29) is 10.6 Å². The summed E-state index contributed by atoms with van der Waals surface area (Å²) < 4.78 is 21.6. The molecule has 3 rings (SSSR count). The van der Waals surface area contributed by atoms with E-state index in [9.17, 15) is 13.9 Å². The molecular weight excluding hydrogens is 385 g/mol. The molecule has 1 aliphatic heterocycles. The Morgan fingerprint density at radius 3 is 2.52 bits per heavy atom. The van der Waals surface area contributed by atoms with Crippen molar-refractivity contribution in [3.8, 4) is 0 Å². The molecule has 9 heteroatoms. The van der Waals surface area contributed by atoms with Crippen molar-refractivity contribution in [3.63, 3.8) is 0 Å². The van der Waals surface area contributed by atoms with E-state index in [1.165, 1.54) is 4.31 Å². The summed E-state index contributed by atoms with van der Waals surface area (Å²) in [6.45, 7) is 0.536. The highest BCUT2D eigenvalue weighted by Gasteiger charge is 2.29. The second-order valence-corrected chi connectivity index (χ2v) is 8.57. The van der Waals surface area contributed by atoms with E-state index in [0.29, 0.717) is 40.8 Å². The fraction of sp³-hybridized carbons (Fsp3) is 0.188. The Bertz CT molecular complexity index is 832. The third-order valence-corrected chi connectivity index (χ3v) is 6.46. The van der Waals surface area contributed by atoms with Crippen LogP contribution in [0, 0.1) is 0 Å². The molecule has 5 N–H and O–H groups in total. The SMILES string of the molecule is Nc1cc(NC(=O)c2ccc(N3CCCS3(O)O)cc2Cl)ccc1Cl. The molecule has 2 aromatic carbocycles. The van der Waals surface area contributed by atoms with Crippen LogP contribution >= 0.6 is 34.0 Å². The number of nitrogens with two attached hydrogens (primary N) is 1. The highest BCUT2D eigenvalue weighted by atomic mass is 35.5. The van der Waals surface area contributed by atoms with Gasteiger partial charge in [0.1, 0.15) is 0 Å². The van der Waals surface area contributed by atoms with Crippen molar-refractivity contribution in [2.24, 2.45) is 0 Å². The van der Waals surface area contributed by atoms with E-state index >= 15 is 0 Å². The van der Waals surface area contributed by atoms with Crippen LogP contribution in [0.4, 0.5) is 17.1 Å². The summed E-state index contributed by atoms with van der Waals surface area (Å²) in [5.41, 5.74) is 7.43. The average molecular weight is 402 g/mol. The Hall–Kier alpha value is -1.64. The van der Waals surface area contributed by atoms with Gasteiger partial charge in [-0.1, -0.05) is 23.2 Å². The molecule has 6 nitrogen and oxygen atoms in total. The monoisotopic (exact) mass is 401 g/mol. The van der Waals surface area contributed by atoms with Crippen molar-refractivity contribution in [1.29, 1.82) is 0 Å². The molecule has 1 fully saturated rings. The van der Waals surface area contributed by atoms with Crippen molar-refractivity contribution in [2.75, 3.05) is 27.7 Å². The average Bonchev–Trinajstić information content (AvgIpc) is 2.90. The Morgan fingerprint density at radius 2 is 1.92 bits per heavy atom. The number of hydrogen-bond donors (Lipinski definition) is 4. The van der Waals surface area contributed by atoms with Crippen LogP contribution in [0.2, 0.25) is 10.0 Å². The van der Waals surface area contributed by atoms with Gasteiger partial charge in [-0.05, 0) is 42.8 Å². The van der Waals surface area contributed by atoms with Gasteiger partial charge < -0.3 is 11.1 Å². The number of benzene rings is 2. The highest BCUT2D eigenvalue weighted by molar-refractivity contribution is 8.25. The lowest BCUT2D eigenvalue weighted by atomic mass is 10.1. The molecular formula is C16H17Cl2N3O3S. The number of rotatable bonds is 3. The van der Waals surface area contributed by atoms with E-state index < -0.39 is 16.7 Å².